The van der Waals surface area contributed by atoms with Crippen molar-refractivity contribution >= 4 is 0 Å². The van der Waals surface area contributed by atoms with Crippen LogP contribution >= 0.6 is 0 Å². The molecule has 2 aliphatic rings. The fourth-order valence-corrected chi connectivity index (χ4v) is 2.42. The molecule has 0 aromatic carbocycles. The first kappa shape index (κ1) is 6.21. The lowest BCUT2D eigenvalue weighted by Gasteiger charge is -2.44. The molecule has 2 saturated carbocycles. The number of hydrogen-bond donors (Lipinski definition) is 0. The number of fused-ring (bicyclic) bond motifs is 1. The Bertz CT molecular complexity index is 212. The zero-order valence-electron chi connectivity index (χ0n) is 6.61. The molecule has 0 spiro atoms. The zero-order chi connectivity index (χ0) is 7.35. The summed E-state index contributed by atoms with van der Waals surface area (Å²) in [6.45, 7) is 10.4. The first-order valence-corrected chi connectivity index (χ1v) is 3.98. The quantitative estimate of drug-likeness (QED) is 0.447. The highest BCUT2D eigenvalue weighted by Gasteiger charge is 2.50. The molecular formula is C10H14. The summed E-state index contributed by atoms with van der Waals surface area (Å²) in [5.74, 6) is 0.896. The Morgan fingerprint density at radius 3 is 2.50 bits per heavy atom. The van der Waals surface area contributed by atoms with Crippen LogP contribution in [0.3, 0.4) is 0 Å². The van der Waals surface area contributed by atoms with E-state index in [1.165, 1.54) is 30.4 Å². The summed E-state index contributed by atoms with van der Waals surface area (Å²) in [5.41, 5.74) is 3.36. The highest BCUT2D eigenvalue weighted by molar-refractivity contribution is 5.31. The van der Waals surface area contributed by atoms with Crippen molar-refractivity contribution in [2.75, 3.05) is 0 Å². The minimum Gasteiger partial charge on any atom is -0.0998 e. The molecular weight excluding hydrogens is 120 g/mol. The predicted octanol–water partition coefficient (Wildman–Crippen LogP) is 2.92. The molecule has 0 nitrogen and oxygen atoms in total. The number of allylic oxidation sites excluding steroid dienone is 2. The van der Waals surface area contributed by atoms with Gasteiger partial charge in [-0.15, -0.1) is 0 Å². The molecule has 2 fully saturated rings. The maximum absolute atomic E-state index is 4.07. The van der Waals surface area contributed by atoms with Gasteiger partial charge in [-0.05, 0) is 30.6 Å². The molecule has 0 heteroatoms. The Kier molecular flexibility index (Phi) is 0.964. The molecule has 2 unspecified atom stereocenters. The fraction of sp³-hybridized carbons (Fsp3) is 0.600. The highest BCUT2D eigenvalue weighted by atomic mass is 14.5. The molecule has 0 bridgehead atoms. The SMILES string of the molecule is C=C1CC2CC(=C)C2(C)C1. The molecule has 2 aliphatic carbocycles. The second-order valence-electron chi connectivity index (χ2n) is 4.05. The van der Waals surface area contributed by atoms with Crippen LogP contribution in [0.4, 0.5) is 0 Å². The fourth-order valence-electron chi connectivity index (χ4n) is 2.42. The Labute approximate surface area is 62.6 Å². The monoisotopic (exact) mass is 134 g/mol. The predicted molar refractivity (Wildman–Crippen MR) is 43.7 cm³/mol. The average Bonchev–Trinajstić information content (AvgIpc) is 2.07. The van der Waals surface area contributed by atoms with Gasteiger partial charge in [-0.3, -0.25) is 0 Å². The first-order chi connectivity index (χ1) is 4.63. The van der Waals surface area contributed by atoms with E-state index in [1.54, 1.807) is 0 Å². The molecule has 2 atom stereocenters. The van der Waals surface area contributed by atoms with Crippen LogP contribution in [0.1, 0.15) is 26.2 Å². The normalized spacial score (nSPS) is 45.1. The minimum atomic E-state index is 0.469. The second-order valence-corrected chi connectivity index (χ2v) is 4.05. The molecule has 0 N–H and O–H groups in total. The second kappa shape index (κ2) is 1.55. The Hall–Kier alpha value is -0.520. The van der Waals surface area contributed by atoms with Gasteiger partial charge in [0.05, 0.1) is 0 Å². The summed E-state index contributed by atoms with van der Waals surface area (Å²) in [6.07, 6.45) is 3.72. The van der Waals surface area contributed by atoms with Crippen LogP contribution in [0.5, 0.6) is 0 Å². The summed E-state index contributed by atoms with van der Waals surface area (Å²) in [4.78, 5) is 0. The van der Waals surface area contributed by atoms with Crippen LogP contribution < -0.4 is 0 Å². The standard InChI is InChI=1S/C10H14/c1-7-4-9-5-8(2)10(9,3)6-7/h9H,1-2,4-6H2,3H3. The van der Waals surface area contributed by atoms with E-state index in [1.807, 2.05) is 0 Å². The average molecular weight is 134 g/mol. The number of hydrogen-bond acceptors (Lipinski definition) is 0. The first-order valence-electron chi connectivity index (χ1n) is 3.98. The van der Waals surface area contributed by atoms with Crippen LogP contribution in [0.25, 0.3) is 0 Å². The van der Waals surface area contributed by atoms with Crippen molar-refractivity contribution in [3.63, 3.8) is 0 Å². The van der Waals surface area contributed by atoms with Gasteiger partial charge in [0.25, 0.3) is 0 Å². The van der Waals surface area contributed by atoms with E-state index < -0.39 is 0 Å². The summed E-state index contributed by atoms with van der Waals surface area (Å²) in [5, 5.41) is 0. The van der Waals surface area contributed by atoms with E-state index in [2.05, 4.69) is 20.1 Å². The lowest BCUT2D eigenvalue weighted by molar-refractivity contribution is 0.188. The summed E-state index contributed by atoms with van der Waals surface area (Å²) < 4.78 is 0. The summed E-state index contributed by atoms with van der Waals surface area (Å²) >= 11 is 0. The van der Waals surface area contributed by atoms with E-state index in [0.717, 1.165) is 5.92 Å². The van der Waals surface area contributed by atoms with Crippen LogP contribution in [0.2, 0.25) is 0 Å². The molecule has 10 heavy (non-hydrogen) atoms. The maximum atomic E-state index is 4.07. The highest BCUT2D eigenvalue weighted by Crippen LogP contribution is 2.61. The summed E-state index contributed by atoms with van der Waals surface area (Å²) in [6, 6.07) is 0. The largest absolute Gasteiger partial charge is 0.0998 e. The molecule has 0 aromatic heterocycles. The van der Waals surface area contributed by atoms with Crippen molar-refractivity contribution in [2.45, 2.75) is 26.2 Å². The van der Waals surface area contributed by atoms with Gasteiger partial charge < -0.3 is 0 Å². The van der Waals surface area contributed by atoms with E-state index in [-0.39, 0.29) is 0 Å². The molecule has 0 heterocycles. The minimum absolute atomic E-state index is 0.469. The lowest BCUT2D eigenvalue weighted by atomic mass is 9.60. The summed E-state index contributed by atoms with van der Waals surface area (Å²) in [7, 11) is 0. The van der Waals surface area contributed by atoms with Gasteiger partial charge in [-0.25, -0.2) is 0 Å². The Balaban J connectivity index is 2.29. The topological polar surface area (TPSA) is 0 Å². The van der Waals surface area contributed by atoms with Crippen molar-refractivity contribution < 1.29 is 0 Å². The van der Waals surface area contributed by atoms with Crippen LogP contribution in [-0.4, -0.2) is 0 Å². The van der Waals surface area contributed by atoms with Crippen molar-refractivity contribution in [3.8, 4) is 0 Å². The van der Waals surface area contributed by atoms with Crippen molar-refractivity contribution in [1.82, 2.24) is 0 Å². The third-order valence-electron chi connectivity index (χ3n) is 3.35. The Morgan fingerprint density at radius 1 is 1.40 bits per heavy atom. The lowest BCUT2D eigenvalue weighted by Crippen LogP contribution is -2.34. The third-order valence-corrected chi connectivity index (χ3v) is 3.35. The van der Waals surface area contributed by atoms with E-state index in [9.17, 15) is 0 Å². The van der Waals surface area contributed by atoms with Crippen LogP contribution in [-0.2, 0) is 0 Å². The van der Waals surface area contributed by atoms with Gasteiger partial charge in [-0.1, -0.05) is 31.2 Å². The van der Waals surface area contributed by atoms with E-state index >= 15 is 0 Å². The molecule has 0 amide bonds. The Morgan fingerprint density at radius 2 is 2.10 bits per heavy atom. The molecule has 0 aromatic rings. The molecule has 0 radical (unpaired) electrons. The van der Waals surface area contributed by atoms with Crippen molar-refractivity contribution in [3.05, 3.63) is 24.3 Å². The van der Waals surface area contributed by atoms with Gasteiger partial charge >= 0.3 is 0 Å². The maximum Gasteiger partial charge on any atom is -0.00476 e. The molecule has 54 valence electrons. The van der Waals surface area contributed by atoms with Gasteiger partial charge in [-0.2, -0.15) is 0 Å². The third kappa shape index (κ3) is 0.524. The van der Waals surface area contributed by atoms with Crippen molar-refractivity contribution in [1.29, 1.82) is 0 Å². The molecule has 2 rings (SSSR count). The zero-order valence-corrected chi connectivity index (χ0v) is 6.61. The van der Waals surface area contributed by atoms with Crippen molar-refractivity contribution in [2.24, 2.45) is 11.3 Å². The van der Waals surface area contributed by atoms with Crippen LogP contribution in [0.15, 0.2) is 24.3 Å². The van der Waals surface area contributed by atoms with Gasteiger partial charge in [0.1, 0.15) is 0 Å². The van der Waals surface area contributed by atoms with Gasteiger partial charge in [0.2, 0.25) is 0 Å². The van der Waals surface area contributed by atoms with Gasteiger partial charge in [0.15, 0.2) is 0 Å². The van der Waals surface area contributed by atoms with Crippen LogP contribution in [0, 0.1) is 11.3 Å². The van der Waals surface area contributed by atoms with E-state index in [0.29, 0.717) is 5.41 Å². The van der Waals surface area contributed by atoms with E-state index in [4.69, 9.17) is 0 Å². The smallest absolute Gasteiger partial charge is 0.00476 e. The number of rotatable bonds is 0. The van der Waals surface area contributed by atoms with Gasteiger partial charge in [0, 0.05) is 0 Å². The molecule has 0 aliphatic heterocycles. The molecule has 0 saturated heterocycles.